The second-order valence-corrected chi connectivity index (χ2v) is 3.87. The molecule has 0 aliphatic carbocycles. The van der Waals surface area contributed by atoms with E-state index < -0.39 is 6.17 Å². The van der Waals surface area contributed by atoms with Crippen LogP contribution in [0.2, 0.25) is 0 Å². The lowest BCUT2D eigenvalue weighted by molar-refractivity contribution is -0.212. The SMILES string of the molecule is CCC(N)=NC1N=C([O-])c2ccc(C)cc21. The van der Waals surface area contributed by atoms with Crippen molar-refractivity contribution in [2.75, 3.05) is 0 Å². The zero-order valence-electron chi connectivity index (χ0n) is 9.40. The van der Waals surface area contributed by atoms with Crippen LogP contribution in [0.4, 0.5) is 0 Å². The summed E-state index contributed by atoms with van der Waals surface area (Å²) in [5, 5.41) is 11.6. The molecular formula is C12H14N3O-. The van der Waals surface area contributed by atoms with E-state index in [4.69, 9.17) is 5.73 Å². The van der Waals surface area contributed by atoms with E-state index in [9.17, 15) is 5.11 Å². The molecule has 0 bridgehead atoms. The van der Waals surface area contributed by atoms with Gasteiger partial charge in [-0.3, -0.25) is 4.99 Å². The number of amidine groups is 1. The predicted octanol–water partition coefficient (Wildman–Crippen LogP) is 0.881. The minimum Gasteiger partial charge on any atom is -0.858 e. The molecule has 0 fully saturated rings. The van der Waals surface area contributed by atoms with Crippen LogP contribution in [0.1, 0.15) is 36.2 Å². The fraction of sp³-hybridized carbons (Fsp3) is 0.333. The van der Waals surface area contributed by atoms with E-state index in [0.717, 1.165) is 11.1 Å². The number of benzene rings is 1. The number of hydrogen-bond acceptors (Lipinski definition) is 3. The van der Waals surface area contributed by atoms with Crippen LogP contribution in [-0.2, 0) is 0 Å². The average Bonchev–Trinajstić information content (AvgIpc) is 2.55. The van der Waals surface area contributed by atoms with E-state index in [2.05, 4.69) is 9.98 Å². The molecule has 2 rings (SSSR count). The molecule has 1 aliphatic heterocycles. The average molecular weight is 216 g/mol. The Bertz CT molecular complexity index is 477. The summed E-state index contributed by atoms with van der Waals surface area (Å²) in [6, 6.07) is 5.65. The van der Waals surface area contributed by atoms with Crippen LogP contribution in [0, 0.1) is 6.92 Å². The molecule has 0 saturated carbocycles. The van der Waals surface area contributed by atoms with Gasteiger partial charge < -0.3 is 10.8 Å². The maximum absolute atomic E-state index is 11.6. The van der Waals surface area contributed by atoms with Crippen LogP contribution in [0.25, 0.3) is 0 Å². The van der Waals surface area contributed by atoms with Crippen molar-refractivity contribution >= 4 is 11.7 Å². The topological polar surface area (TPSA) is 73.8 Å². The summed E-state index contributed by atoms with van der Waals surface area (Å²) in [6.45, 7) is 3.90. The zero-order valence-corrected chi connectivity index (χ0v) is 9.40. The molecule has 4 heteroatoms. The third-order valence-corrected chi connectivity index (χ3v) is 2.61. The zero-order chi connectivity index (χ0) is 11.7. The molecule has 1 atom stereocenters. The van der Waals surface area contributed by atoms with Gasteiger partial charge in [0, 0.05) is 12.0 Å². The highest BCUT2D eigenvalue weighted by atomic mass is 16.3. The first-order valence-electron chi connectivity index (χ1n) is 5.29. The quantitative estimate of drug-likeness (QED) is 0.588. The minimum absolute atomic E-state index is 0.201. The lowest BCUT2D eigenvalue weighted by atomic mass is 10.0. The Morgan fingerprint density at radius 1 is 1.56 bits per heavy atom. The van der Waals surface area contributed by atoms with Gasteiger partial charge in [-0.1, -0.05) is 30.7 Å². The van der Waals surface area contributed by atoms with Crippen molar-refractivity contribution < 1.29 is 5.11 Å². The molecule has 16 heavy (non-hydrogen) atoms. The lowest BCUT2D eigenvalue weighted by Gasteiger charge is -2.07. The third-order valence-electron chi connectivity index (χ3n) is 2.61. The molecule has 1 unspecified atom stereocenters. The van der Waals surface area contributed by atoms with Crippen molar-refractivity contribution in [2.24, 2.45) is 15.7 Å². The Hall–Kier alpha value is -1.84. The largest absolute Gasteiger partial charge is 0.858 e. The van der Waals surface area contributed by atoms with Crippen molar-refractivity contribution in [1.29, 1.82) is 0 Å². The predicted molar refractivity (Wildman–Crippen MR) is 62.4 cm³/mol. The van der Waals surface area contributed by atoms with Crippen LogP contribution in [0.15, 0.2) is 28.2 Å². The highest BCUT2D eigenvalue weighted by Gasteiger charge is 2.19. The van der Waals surface area contributed by atoms with E-state index in [-0.39, 0.29) is 5.90 Å². The molecule has 0 amide bonds. The van der Waals surface area contributed by atoms with Gasteiger partial charge in [-0.05, 0) is 18.4 Å². The maximum Gasteiger partial charge on any atom is 0.166 e. The Morgan fingerprint density at radius 3 is 3.00 bits per heavy atom. The van der Waals surface area contributed by atoms with Crippen LogP contribution in [0.3, 0.4) is 0 Å². The summed E-state index contributed by atoms with van der Waals surface area (Å²) in [5.74, 6) is 0.323. The van der Waals surface area contributed by atoms with Gasteiger partial charge in [-0.15, -0.1) is 0 Å². The number of hydrogen-bond donors (Lipinski definition) is 1. The van der Waals surface area contributed by atoms with Crippen molar-refractivity contribution in [3.05, 3.63) is 34.9 Å². The highest BCUT2D eigenvalue weighted by molar-refractivity contribution is 5.95. The van der Waals surface area contributed by atoms with Gasteiger partial charge in [-0.25, -0.2) is 4.99 Å². The van der Waals surface area contributed by atoms with Crippen LogP contribution < -0.4 is 10.8 Å². The van der Waals surface area contributed by atoms with Gasteiger partial charge in [0.25, 0.3) is 0 Å². The molecule has 1 heterocycles. The Morgan fingerprint density at radius 2 is 2.31 bits per heavy atom. The molecule has 0 radical (unpaired) electrons. The molecular weight excluding hydrogens is 202 g/mol. The van der Waals surface area contributed by atoms with Crippen molar-refractivity contribution in [3.8, 4) is 0 Å². The summed E-state index contributed by atoms with van der Waals surface area (Å²) in [4.78, 5) is 8.21. The lowest BCUT2D eigenvalue weighted by Crippen LogP contribution is -2.16. The monoisotopic (exact) mass is 216 g/mol. The Kier molecular flexibility index (Phi) is 2.64. The fourth-order valence-corrected chi connectivity index (χ4v) is 1.69. The summed E-state index contributed by atoms with van der Waals surface area (Å²) in [5.41, 5.74) is 8.27. The van der Waals surface area contributed by atoms with Crippen molar-refractivity contribution in [1.82, 2.24) is 0 Å². The number of nitrogens with two attached hydrogens (primary N) is 1. The Labute approximate surface area is 94.5 Å². The highest BCUT2D eigenvalue weighted by Crippen LogP contribution is 2.30. The van der Waals surface area contributed by atoms with Gasteiger partial charge in [-0.2, -0.15) is 0 Å². The first-order valence-corrected chi connectivity index (χ1v) is 5.29. The van der Waals surface area contributed by atoms with Crippen molar-refractivity contribution in [2.45, 2.75) is 26.4 Å². The number of nitrogens with zero attached hydrogens (tertiary/aromatic N) is 2. The first-order chi connectivity index (χ1) is 7.61. The maximum atomic E-state index is 11.6. The van der Waals surface area contributed by atoms with Crippen LogP contribution in [-0.4, -0.2) is 11.7 Å². The number of aryl methyl sites for hydroxylation is 1. The molecule has 4 nitrogen and oxygen atoms in total. The third kappa shape index (κ3) is 1.78. The van der Waals surface area contributed by atoms with Crippen LogP contribution >= 0.6 is 0 Å². The smallest absolute Gasteiger partial charge is 0.166 e. The molecule has 1 aliphatic rings. The van der Waals surface area contributed by atoms with Gasteiger partial charge in [0.15, 0.2) is 6.17 Å². The van der Waals surface area contributed by atoms with E-state index in [1.807, 2.05) is 26.0 Å². The number of aliphatic imine (C=N–C) groups is 2. The number of fused-ring (bicyclic) bond motifs is 1. The standard InChI is InChI=1S/C12H15N3O/c1-3-10(13)14-11-9-6-7(2)4-5-8(9)12(16)15-11/h4-6,11H,3H2,1-2H3,(H2,13,14)(H,15,16)/p-1. The van der Waals surface area contributed by atoms with E-state index in [1.54, 1.807) is 6.07 Å². The molecule has 0 spiro atoms. The van der Waals surface area contributed by atoms with Gasteiger partial charge >= 0.3 is 0 Å². The first kappa shape index (κ1) is 10.7. The summed E-state index contributed by atoms with van der Waals surface area (Å²) >= 11 is 0. The normalized spacial score (nSPS) is 19.5. The Balaban J connectivity index is 2.44. The van der Waals surface area contributed by atoms with Crippen molar-refractivity contribution in [3.63, 3.8) is 0 Å². The van der Waals surface area contributed by atoms with E-state index >= 15 is 0 Å². The molecule has 1 aromatic rings. The van der Waals surface area contributed by atoms with Crippen LogP contribution in [0.5, 0.6) is 0 Å². The molecule has 2 N–H and O–H groups in total. The second kappa shape index (κ2) is 3.96. The molecule has 1 aromatic carbocycles. The second-order valence-electron chi connectivity index (χ2n) is 3.87. The van der Waals surface area contributed by atoms with Gasteiger partial charge in [0.1, 0.15) is 0 Å². The molecule has 0 saturated heterocycles. The van der Waals surface area contributed by atoms with Gasteiger partial charge in [0.05, 0.1) is 5.84 Å². The molecule has 84 valence electrons. The summed E-state index contributed by atoms with van der Waals surface area (Å²) < 4.78 is 0. The summed E-state index contributed by atoms with van der Waals surface area (Å²) in [6.07, 6.45) is 0.226. The minimum atomic E-state index is -0.442. The fourth-order valence-electron chi connectivity index (χ4n) is 1.69. The molecule has 0 aromatic heterocycles. The van der Waals surface area contributed by atoms with E-state index in [1.165, 1.54) is 0 Å². The number of rotatable bonds is 2. The van der Waals surface area contributed by atoms with E-state index in [0.29, 0.717) is 17.8 Å². The summed E-state index contributed by atoms with van der Waals surface area (Å²) in [7, 11) is 0. The van der Waals surface area contributed by atoms with Gasteiger partial charge in [0.2, 0.25) is 0 Å².